The Morgan fingerprint density at radius 1 is 1.38 bits per heavy atom. The maximum absolute atomic E-state index is 6.31. The fourth-order valence-electron chi connectivity index (χ4n) is 3.38. The van der Waals surface area contributed by atoms with Crippen LogP contribution >= 0.6 is 43.2 Å². The van der Waals surface area contributed by atoms with E-state index in [1.807, 2.05) is 11.3 Å². The molecular formula is C16H25Br2NOS. The first-order chi connectivity index (χ1) is 9.66. The van der Waals surface area contributed by atoms with E-state index in [-0.39, 0.29) is 11.2 Å². The highest BCUT2D eigenvalue weighted by Crippen LogP contribution is 2.49. The zero-order valence-electron chi connectivity index (χ0n) is 13.4. The van der Waals surface area contributed by atoms with E-state index in [1.165, 1.54) is 4.88 Å². The van der Waals surface area contributed by atoms with Gasteiger partial charge in [-0.25, -0.2) is 0 Å². The van der Waals surface area contributed by atoms with Crippen molar-refractivity contribution >= 4 is 43.2 Å². The van der Waals surface area contributed by atoms with Crippen molar-refractivity contribution in [3.05, 3.63) is 19.2 Å². The summed E-state index contributed by atoms with van der Waals surface area (Å²) in [5.74, 6) is 0.469. The monoisotopic (exact) mass is 437 g/mol. The molecule has 2 unspecified atom stereocenters. The Morgan fingerprint density at radius 2 is 2.05 bits per heavy atom. The second kappa shape index (κ2) is 6.60. The van der Waals surface area contributed by atoms with Crippen LogP contribution in [0.15, 0.2) is 14.3 Å². The van der Waals surface area contributed by atoms with Crippen molar-refractivity contribution < 1.29 is 4.74 Å². The zero-order valence-corrected chi connectivity index (χ0v) is 17.4. The quantitative estimate of drug-likeness (QED) is 0.616. The average Bonchev–Trinajstić information content (AvgIpc) is 2.77. The number of hydrogen-bond donors (Lipinski definition) is 1. The highest BCUT2D eigenvalue weighted by Gasteiger charge is 2.49. The van der Waals surface area contributed by atoms with Gasteiger partial charge in [-0.3, -0.25) is 0 Å². The predicted molar refractivity (Wildman–Crippen MR) is 98.1 cm³/mol. The van der Waals surface area contributed by atoms with Gasteiger partial charge < -0.3 is 10.1 Å². The van der Waals surface area contributed by atoms with E-state index in [0.29, 0.717) is 12.0 Å². The molecule has 1 fully saturated rings. The molecule has 1 aliphatic heterocycles. The second-order valence-corrected chi connectivity index (χ2v) is 10.2. The van der Waals surface area contributed by atoms with Gasteiger partial charge in [-0.1, -0.05) is 6.92 Å². The molecule has 0 amide bonds. The first kappa shape index (κ1) is 17.9. The second-order valence-electron chi connectivity index (χ2n) is 6.98. The fourth-order valence-corrected chi connectivity index (χ4v) is 5.61. The van der Waals surface area contributed by atoms with Gasteiger partial charge in [0.05, 0.1) is 15.0 Å². The Hall–Kier alpha value is 0.580. The first-order valence-corrected chi connectivity index (χ1v) is 9.95. The van der Waals surface area contributed by atoms with Crippen LogP contribution < -0.4 is 5.32 Å². The van der Waals surface area contributed by atoms with E-state index in [1.54, 1.807) is 0 Å². The molecule has 0 aromatic carbocycles. The van der Waals surface area contributed by atoms with Gasteiger partial charge >= 0.3 is 0 Å². The van der Waals surface area contributed by atoms with Gasteiger partial charge in [0.15, 0.2) is 0 Å². The van der Waals surface area contributed by atoms with E-state index in [9.17, 15) is 0 Å². The summed E-state index contributed by atoms with van der Waals surface area (Å²) < 4.78 is 8.61. The summed E-state index contributed by atoms with van der Waals surface area (Å²) in [6.07, 6.45) is 2.22. The van der Waals surface area contributed by atoms with Gasteiger partial charge in [-0.2, -0.15) is 0 Å². The van der Waals surface area contributed by atoms with Crippen molar-refractivity contribution in [3.63, 3.8) is 0 Å². The molecule has 1 aromatic heterocycles. The van der Waals surface area contributed by atoms with E-state index >= 15 is 0 Å². The minimum absolute atomic E-state index is 0.0496. The summed E-state index contributed by atoms with van der Waals surface area (Å²) in [4.78, 5) is 1.38. The molecule has 0 spiro atoms. The fraction of sp³-hybridized carbons (Fsp3) is 0.750. The Balaban J connectivity index is 2.32. The summed E-state index contributed by atoms with van der Waals surface area (Å²) >= 11 is 9.05. The van der Waals surface area contributed by atoms with Gasteiger partial charge in [-0.15, -0.1) is 11.3 Å². The topological polar surface area (TPSA) is 21.3 Å². The predicted octanol–water partition coefficient (Wildman–Crippen LogP) is 5.91. The van der Waals surface area contributed by atoms with Crippen LogP contribution in [0.1, 0.15) is 58.4 Å². The van der Waals surface area contributed by atoms with Crippen LogP contribution in [0, 0.1) is 5.92 Å². The van der Waals surface area contributed by atoms with Crippen LogP contribution in [0.2, 0.25) is 0 Å². The van der Waals surface area contributed by atoms with Crippen molar-refractivity contribution in [1.82, 2.24) is 5.32 Å². The highest BCUT2D eigenvalue weighted by atomic mass is 79.9. The summed E-state index contributed by atoms with van der Waals surface area (Å²) in [5.41, 5.74) is -0.163. The Labute approximate surface area is 149 Å². The first-order valence-electron chi connectivity index (χ1n) is 7.54. The van der Waals surface area contributed by atoms with Gasteiger partial charge in [0.25, 0.3) is 0 Å². The lowest BCUT2D eigenvalue weighted by Gasteiger charge is -2.33. The largest absolute Gasteiger partial charge is 0.369 e. The molecule has 1 N–H and O–H groups in total. The van der Waals surface area contributed by atoms with E-state index in [4.69, 9.17) is 4.74 Å². The normalized spacial score (nSPS) is 25.2. The molecule has 1 aliphatic rings. The summed E-state index contributed by atoms with van der Waals surface area (Å²) in [6, 6.07) is 2.58. The lowest BCUT2D eigenvalue weighted by Crippen LogP contribution is -2.38. The molecular weight excluding hydrogens is 414 g/mol. The van der Waals surface area contributed by atoms with Crippen molar-refractivity contribution in [3.8, 4) is 0 Å². The Kier molecular flexibility index (Phi) is 5.63. The van der Waals surface area contributed by atoms with Crippen LogP contribution in [0.5, 0.6) is 0 Å². The van der Waals surface area contributed by atoms with Gasteiger partial charge in [0.2, 0.25) is 0 Å². The van der Waals surface area contributed by atoms with Crippen molar-refractivity contribution in [2.24, 2.45) is 5.92 Å². The van der Waals surface area contributed by atoms with Crippen LogP contribution in [0.4, 0.5) is 0 Å². The third-order valence-electron chi connectivity index (χ3n) is 4.13. The van der Waals surface area contributed by atoms with E-state index in [0.717, 1.165) is 27.6 Å². The van der Waals surface area contributed by atoms with Crippen molar-refractivity contribution in [2.75, 3.05) is 6.54 Å². The van der Waals surface area contributed by atoms with E-state index in [2.05, 4.69) is 77.9 Å². The molecule has 0 aliphatic carbocycles. The molecule has 120 valence electrons. The summed E-state index contributed by atoms with van der Waals surface area (Å²) in [7, 11) is 0. The minimum atomic E-state index is -0.113. The molecule has 21 heavy (non-hydrogen) atoms. The molecule has 0 saturated carbocycles. The Morgan fingerprint density at radius 3 is 2.48 bits per heavy atom. The lowest BCUT2D eigenvalue weighted by atomic mass is 9.81. The highest BCUT2D eigenvalue weighted by molar-refractivity contribution is 9.13. The molecule has 1 aromatic rings. The zero-order chi connectivity index (χ0) is 15.8. The maximum Gasteiger partial charge on any atom is 0.0843 e. The van der Waals surface area contributed by atoms with Gasteiger partial charge in [0.1, 0.15) is 0 Å². The van der Waals surface area contributed by atoms with E-state index < -0.39 is 0 Å². The van der Waals surface area contributed by atoms with Crippen molar-refractivity contribution in [2.45, 2.75) is 64.7 Å². The number of hydrogen-bond acceptors (Lipinski definition) is 3. The SMILES string of the molecule is CCCNC(c1cc(Br)c(Br)s1)C1CC(C)(C)OC1(C)C. The molecule has 5 heteroatoms. The average molecular weight is 439 g/mol. The van der Waals surface area contributed by atoms with Gasteiger partial charge in [0, 0.05) is 21.3 Å². The summed E-state index contributed by atoms with van der Waals surface area (Å²) in [6.45, 7) is 12.1. The number of rotatable bonds is 5. The summed E-state index contributed by atoms with van der Waals surface area (Å²) in [5, 5.41) is 3.75. The molecule has 0 radical (unpaired) electrons. The molecule has 1 saturated heterocycles. The third kappa shape index (κ3) is 4.11. The third-order valence-corrected chi connectivity index (χ3v) is 7.47. The Bertz CT molecular complexity index is 479. The number of thiophene rings is 1. The van der Waals surface area contributed by atoms with Crippen LogP contribution in [-0.4, -0.2) is 17.7 Å². The number of ether oxygens (including phenoxy) is 1. The molecule has 2 nitrogen and oxygen atoms in total. The lowest BCUT2D eigenvalue weighted by molar-refractivity contribution is -0.0777. The number of nitrogens with one attached hydrogen (secondary N) is 1. The maximum atomic E-state index is 6.31. The van der Waals surface area contributed by atoms with Crippen LogP contribution in [-0.2, 0) is 4.74 Å². The molecule has 0 bridgehead atoms. The number of halogens is 2. The van der Waals surface area contributed by atoms with Crippen LogP contribution in [0.25, 0.3) is 0 Å². The van der Waals surface area contributed by atoms with Crippen LogP contribution in [0.3, 0.4) is 0 Å². The molecule has 2 atom stereocenters. The van der Waals surface area contributed by atoms with Gasteiger partial charge in [-0.05, 0) is 85.0 Å². The minimum Gasteiger partial charge on any atom is -0.369 e. The molecule has 2 rings (SSSR count). The smallest absolute Gasteiger partial charge is 0.0843 e. The van der Waals surface area contributed by atoms with Crippen molar-refractivity contribution in [1.29, 1.82) is 0 Å². The standard InChI is InChI=1S/C16H25Br2NOS/c1-6-7-19-13(12-8-11(17)14(18)21-12)10-9-15(2,3)20-16(10,4)5/h8,10,13,19H,6-7,9H2,1-5H3. The molecule has 2 heterocycles.